The quantitative estimate of drug-likeness (QED) is 0.366. The summed E-state index contributed by atoms with van der Waals surface area (Å²) in [6.07, 6.45) is 0.741. The number of methoxy groups -OCH3 is 1. The standard InChI is InChI=1S/C28H24N4O4/c1-36-19-12-13-22-21(16-19)20-14-15-29-25(24(20)30-22)23-26(33)31(17-8-4-2-5-9-17)28(35)32(27(23)34)18-10-6-3-7-11-18/h2-13,16,25,29-30,33H,14-15H2,1H3/t25-/m1/s1. The van der Waals surface area contributed by atoms with Crippen molar-refractivity contribution in [2.45, 2.75) is 12.5 Å². The lowest BCUT2D eigenvalue weighted by atomic mass is 9.95. The van der Waals surface area contributed by atoms with Gasteiger partial charge in [0.05, 0.1) is 24.5 Å². The van der Waals surface area contributed by atoms with E-state index < -0.39 is 17.3 Å². The first-order chi connectivity index (χ1) is 17.6. The molecule has 3 heterocycles. The molecule has 8 nitrogen and oxygen atoms in total. The Morgan fingerprint density at radius 2 is 1.58 bits per heavy atom. The van der Waals surface area contributed by atoms with Crippen LogP contribution in [0.15, 0.2) is 88.5 Å². The summed E-state index contributed by atoms with van der Waals surface area (Å²) < 4.78 is 7.71. The van der Waals surface area contributed by atoms with Crippen LogP contribution in [0, 0.1) is 0 Å². The third-order valence-corrected chi connectivity index (χ3v) is 6.74. The van der Waals surface area contributed by atoms with Crippen LogP contribution in [0.4, 0.5) is 0 Å². The third kappa shape index (κ3) is 3.34. The van der Waals surface area contributed by atoms with Crippen molar-refractivity contribution in [3.8, 4) is 23.0 Å². The van der Waals surface area contributed by atoms with E-state index in [0.717, 1.165) is 38.9 Å². The van der Waals surface area contributed by atoms with Gasteiger partial charge in [0.1, 0.15) is 11.3 Å². The van der Waals surface area contributed by atoms with E-state index in [1.807, 2.05) is 30.3 Å². The van der Waals surface area contributed by atoms with Crippen LogP contribution >= 0.6 is 0 Å². The summed E-state index contributed by atoms with van der Waals surface area (Å²) in [6.45, 7) is 0.594. The van der Waals surface area contributed by atoms with Gasteiger partial charge in [-0.2, -0.15) is 0 Å². The minimum atomic E-state index is -0.648. The number of H-pyrrole nitrogens is 1. The molecule has 2 aromatic heterocycles. The largest absolute Gasteiger partial charge is 0.497 e. The molecule has 0 saturated heterocycles. The van der Waals surface area contributed by atoms with Crippen LogP contribution in [-0.4, -0.2) is 32.9 Å². The highest BCUT2D eigenvalue weighted by Gasteiger charge is 2.33. The van der Waals surface area contributed by atoms with Crippen LogP contribution in [0.2, 0.25) is 0 Å². The van der Waals surface area contributed by atoms with Gasteiger partial charge >= 0.3 is 5.69 Å². The summed E-state index contributed by atoms with van der Waals surface area (Å²) in [6, 6.07) is 22.7. The van der Waals surface area contributed by atoms with E-state index >= 15 is 0 Å². The van der Waals surface area contributed by atoms with E-state index in [-0.39, 0.29) is 11.4 Å². The maximum atomic E-state index is 13.9. The lowest BCUT2D eigenvalue weighted by Crippen LogP contribution is -2.43. The van der Waals surface area contributed by atoms with Crippen molar-refractivity contribution in [1.29, 1.82) is 0 Å². The van der Waals surface area contributed by atoms with Crippen molar-refractivity contribution in [3.63, 3.8) is 0 Å². The van der Waals surface area contributed by atoms with Gasteiger partial charge in [-0.05, 0) is 54.4 Å². The number of fused-ring (bicyclic) bond motifs is 3. The number of para-hydroxylation sites is 2. The number of hydrogen-bond donors (Lipinski definition) is 3. The minimum Gasteiger partial charge on any atom is -0.497 e. The van der Waals surface area contributed by atoms with Gasteiger partial charge in [0.25, 0.3) is 5.56 Å². The zero-order valence-corrected chi connectivity index (χ0v) is 19.6. The fraction of sp³-hybridized carbons (Fsp3) is 0.143. The Balaban J connectivity index is 1.66. The molecule has 3 N–H and O–H groups in total. The second-order valence-corrected chi connectivity index (χ2v) is 8.73. The topological polar surface area (TPSA) is 101 Å². The maximum absolute atomic E-state index is 13.9. The summed E-state index contributed by atoms with van der Waals surface area (Å²) in [4.78, 5) is 31.0. The van der Waals surface area contributed by atoms with Crippen LogP contribution in [-0.2, 0) is 6.42 Å². The Bertz CT molecular complexity index is 1700. The van der Waals surface area contributed by atoms with E-state index in [0.29, 0.717) is 17.9 Å². The molecule has 5 aromatic rings. The number of aromatic nitrogens is 3. The van der Waals surface area contributed by atoms with E-state index in [2.05, 4.69) is 10.3 Å². The Labute approximate surface area is 206 Å². The maximum Gasteiger partial charge on any atom is 0.343 e. The third-order valence-electron chi connectivity index (χ3n) is 6.74. The normalized spacial score (nSPS) is 15.1. The van der Waals surface area contributed by atoms with Crippen molar-refractivity contribution in [3.05, 3.63) is 117 Å². The zero-order valence-electron chi connectivity index (χ0n) is 19.6. The van der Waals surface area contributed by atoms with Crippen molar-refractivity contribution in [1.82, 2.24) is 19.4 Å². The molecule has 0 spiro atoms. The van der Waals surface area contributed by atoms with Crippen molar-refractivity contribution >= 4 is 10.9 Å². The molecule has 6 rings (SSSR count). The van der Waals surface area contributed by atoms with Gasteiger partial charge in [0.15, 0.2) is 0 Å². The molecule has 1 atom stereocenters. The molecule has 36 heavy (non-hydrogen) atoms. The molecule has 1 aliphatic rings. The summed E-state index contributed by atoms with van der Waals surface area (Å²) in [5.41, 5.74) is 2.52. The molecule has 0 bridgehead atoms. The average molecular weight is 481 g/mol. The molecule has 0 fully saturated rings. The number of hydrogen-bond acceptors (Lipinski definition) is 5. The van der Waals surface area contributed by atoms with E-state index in [9.17, 15) is 14.7 Å². The van der Waals surface area contributed by atoms with Crippen LogP contribution < -0.4 is 21.3 Å². The van der Waals surface area contributed by atoms with Gasteiger partial charge in [-0.25, -0.2) is 13.9 Å². The predicted molar refractivity (Wildman–Crippen MR) is 138 cm³/mol. The van der Waals surface area contributed by atoms with Crippen molar-refractivity contribution in [2.75, 3.05) is 13.7 Å². The lowest BCUT2D eigenvalue weighted by molar-refractivity contribution is 0.406. The molecule has 3 aromatic carbocycles. The van der Waals surface area contributed by atoms with Gasteiger partial charge in [0, 0.05) is 23.1 Å². The predicted octanol–water partition coefficient (Wildman–Crippen LogP) is 3.42. The Hall–Kier alpha value is -4.56. The molecule has 8 heteroatoms. The van der Waals surface area contributed by atoms with Crippen LogP contribution in [0.3, 0.4) is 0 Å². The second-order valence-electron chi connectivity index (χ2n) is 8.73. The summed E-state index contributed by atoms with van der Waals surface area (Å²) in [5, 5.41) is 15.9. The first kappa shape index (κ1) is 21.9. The molecule has 0 unspecified atom stereocenters. The molecule has 0 amide bonds. The van der Waals surface area contributed by atoms with E-state index in [4.69, 9.17) is 4.74 Å². The molecular weight excluding hydrogens is 456 g/mol. The van der Waals surface area contributed by atoms with Gasteiger partial charge < -0.3 is 20.1 Å². The van der Waals surface area contributed by atoms with Gasteiger partial charge in [-0.1, -0.05) is 36.4 Å². The Morgan fingerprint density at radius 3 is 2.25 bits per heavy atom. The van der Waals surface area contributed by atoms with E-state index in [1.54, 1.807) is 55.6 Å². The Morgan fingerprint density at radius 1 is 0.917 bits per heavy atom. The van der Waals surface area contributed by atoms with Gasteiger partial charge in [-0.15, -0.1) is 0 Å². The van der Waals surface area contributed by atoms with Crippen molar-refractivity contribution < 1.29 is 9.84 Å². The summed E-state index contributed by atoms with van der Waals surface area (Å²) in [7, 11) is 1.63. The first-order valence-corrected chi connectivity index (χ1v) is 11.7. The SMILES string of the molecule is COc1ccc2[nH]c3c(c2c1)CCN[C@@H]3c1c(O)n(-c2ccccc2)c(=O)n(-c2ccccc2)c1=O. The van der Waals surface area contributed by atoms with Crippen LogP contribution in [0.5, 0.6) is 11.6 Å². The number of aromatic hydroxyl groups is 1. The fourth-order valence-corrected chi connectivity index (χ4v) is 5.06. The molecule has 0 saturated carbocycles. The van der Waals surface area contributed by atoms with Gasteiger partial charge in [0.2, 0.25) is 5.88 Å². The first-order valence-electron chi connectivity index (χ1n) is 11.7. The molecule has 0 radical (unpaired) electrons. The smallest absolute Gasteiger partial charge is 0.343 e. The van der Waals surface area contributed by atoms with Crippen LogP contribution in [0.1, 0.15) is 22.9 Å². The monoisotopic (exact) mass is 480 g/mol. The number of benzene rings is 3. The minimum absolute atomic E-state index is 0.0989. The Kier molecular flexibility index (Phi) is 5.23. The molecule has 0 aliphatic carbocycles. The number of rotatable bonds is 4. The fourth-order valence-electron chi connectivity index (χ4n) is 5.06. The highest BCUT2D eigenvalue weighted by atomic mass is 16.5. The average Bonchev–Trinajstić information content (AvgIpc) is 3.28. The van der Waals surface area contributed by atoms with E-state index in [1.165, 1.54) is 4.57 Å². The number of aromatic amines is 1. The lowest BCUT2D eigenvalue weighted by Gasteiger charge is -2.26. The molecule has 1 aliphatic heterocycles. The van der Waals surface area contributed by atoms with Crippen molar-refractivity contribution in [2.24, 2.45) is 0 Å². The zero-order chi connectivity index (χ0) is 24.8. The molecule has 180 valence electrons. The highest BCUT2D eigenvalue weighted by Crippen LogP contribution is 2.36. The second kappa shape index (κ2) is 8.58. The number of ether oxygens (including phenoxy) is 1. The summed E-state index contributed by atoms with van der Waals surface area (Å²) in [5.74, 6) is 0.358. The number of nitrogens with one attached hydrogen (secondary N) is 2. The van der Waals surface area contributed by atoms with Crippen LogP contribution in [0.25, 0.3) is 22.3 Å². The molecular formula is C28H24N4O4. The van der Waals surface area contributed by atoms with Gasteiger partial charge in [-0.3, -0.25) is 4.79 Å². The number of nitrogens with zero attached hydrogens (tertiary/aromatic N) is 2. The summed E-state index contributed by atoms with van der Waals surface area (Å²) >= 11 is 0. The highest BCUT2D eigenvalue weighted by molar-refractivity contribution is 5.86.